The SMILES string of the molecule is CS(=O)(=O)c1cc(NC(F)(F)F)ncn1. The Morgan fingerprint density at radius 3 is 2.40 bits per heavy atom. The average Bonchev–Trinajstić information content (AvgIpc) is 1.99. The van der Waals surface area contributed by atoms with Crippen LogP contribution in [0.25, 0.3) is 0 Å². The van der Waals surface area contributed by atoms with Crippen LogP contribution in [0.5, 0.6) is 0 Å². The second kappa shape index (κ2) is 3.65. The molecule has 1 rings (SSSR count). The van der Waals surface area contributed by atoms with Crippen molar-refractivity contribution >= 4 is 15.7 Å². The summed E-state index contributed by atoms with van der Waals surface area (Å²) in [5.74, 6) is -0.613. The second-order valence-corrected chi connectivity index (χ2v) is 4.60. The van der Waals surface area contributed by atoms with Crippen molar-refractivity contribution in [3.63, 3.8) is 0 Å². The predicted octanol–water partition coefficient (Wildman–Crippen LogP) is 0.812. The smallest absolute Gasteiger partial charge is 0.282 e. The molecule has 1 aromatic heterocycles. The Morgan fingerprint density at radius 1 is 1.33 bits per heavy atom. The normalized spacial score (nSPS) is 12.5. The highest BCUT2D eigenvalue weighted by Gasteiger charge is 2.28. The maximum absolute atomic E-state index is 11.8. The Labute approximate surface area is 83.3 Å². The highest BCUT2D eigenvalue weighted by atomic mass is 32.2. The quantitative estimate of drug-likeness (QED) is 0.612. The summed E-state index contributed by atoms with van der Waals surface area (Å²) < 4.78 is 57.4. The minimum absolute atomic E-state index is 0.468. The van der Waals surface area contributed by atoms with Gasteiger partial charge in [-0.3, -0.25) is 5.32 Å². The molecule has 1 aromatic rings. The van der Waals surface area contributed by atoms with Crippen molar-refractivity contribution in [1.82, 2.24) is 9.97 Å². The molecule has 0 atom stereocenters. The lowest BCUT2D eigenvalue weighted by Crippen LogP contribution is -2.21. The van der Waals surface area contributed by atoms with E-state index in [1.165, 1.54) is 0 Å². The Bertz CT molecular complexity index is 457. The second-order valence-electron chi connectivity index (χ2n) is 2.64. The van der Waals surface area contributed by atoms with Crippen molar-refractivity contribution < 1.29 is 21.6 Å². The third-order valence-electron chi connectivity index (χ3n) is 1.29. The highest BCUT2D eigenvalue weighted by Crippen LogP contribution is 2.18. The van der Waals surface area contributed by atoms with E-state index in [1.54, 1.807) is 0 Å². The number of hydrogen-bond donors (Lipinski definition) is 1. The summed E-state index contributed by atoms with van der Waals surface area (Å²) in [5.41, 5.74) is 0. The molecule has 0 amide bonds. The van der Waals surface area contributed by atoms with Crippen LogP contribution in [0.15, 0.2) is 17.4 Å². The number of aromatic nitrogens is 2. The first-order chi connectivity index (χ1) is 6.68. The summed E-state index contributed by atoms with van der Waals surface area (Å²) in [6.45, 7) is 0. The predicted molar refractivity (Wildman–Crippen MR) is 44.8 cm³/mol. The van der Waals surface area contributed by atoms with Gasteiger partial charge < -0.3 is 0 Å². The molecule has 0 spiro atoms. The van der Waals surface area contributed by atoms with Crippen LogP contribution in [0.3, 0.4) is 0 Å². The fourth-order valence-corrected chi connectivity index (χ4v) is 1.32. The van der Waals surface area contributed by atoms with Gasteiger partial charge in [-0.15, -0.1) is 0 Å². The van der Waals surface area contributed by atoms with E-state index in [1.807, 2.05) is 0 Å². The summed E-state index contributed by atoms with van der Waals surface area (Å²) in [6.07, 6.45) is -3.08. The number of nitrogens with zero attached hydrogens (tertiary/aromatic N) is 2. The molecule has 84 valence electrons. The summed E-state index contributed by atoms with van der Waals surface area (Å²) in [5, 5.41) is 0.610. The van der Waals surface area contributed by atoms with Gasteiger partial charge in [0.1, 0.15) is 12.1 Å². The van der Waals surface area contributed by atoms with E-state index < -0.39 is 27.0 Å². The van der Waals surface area contributed by atoms with Crippen LogP contribution in [-0.4, -0.2) is 30.9 Å². The molecule has 9 heteroatoms. The number of rotatable bonds is 2. The maximum atomic E-state index is 11.8. The summed E-state index contributed by atoms with van der Waals surface area (Å²) >= 11 is 0. The van der Waals surface area contributed by atoms with Crippen molar-refractivity contribution in [1.29, 1.82) is 0 Å². The Hall–Kier alpha value is -1.38. The van der Waals surface area contributed by atoms with E-state index in [0.717, 1.165) is 17.9 Å². The molecule has 0 saturated heterocycles. The summed E-state index contributed by atoms with van der Waals surface area (Å²) in [6, 6.07) is 0.711. The van der Waals surface area contributed by atoms with Crippen LogP contribution >= 0.6 is 0 Å². The summed E-state index contributed by atoms with van der Waals surface area (Å²) in [4.78, 5) is 6.57. The van der Waals surface area contributed by atoms with Gasteiger partial charge in [-0.05, 0) is 0 Å². The Morgan fingerprint density at radius 2 is 1.93 bits per heavy atom. The van der Waals surface area contributed by atoms with E-state index in [0.29, 0.717) is 6.07 Å². The number of alkyl halides is 3. The first-order valence-corrected chi connectivity index (χ1v) is 5.45. The number of hydrogen-bond acceptors (Lipinski definition) is 5. The molecule has 0 aliphatic heterocycles. The van der Waals surface area contributed by atoms with E-state index in [4.69, 9.17) is 0 Å². The lowest BCUT2D eigenvalue weighted by Gasteiger charge is -2.08. The number of anilines is 1. The monoisotopic (exact) mass is 241 g/mol. The van der Waals surface area contributed by atoms with E-state index in [2.05, 4.69) is 9.97 Å². The topological polar surface area (TPSA) is 72.0 Å². The third-order valence-corrected chi connectivity index (χ3v) is 2.27. The standard InChI is InChI=1S/C6H6F3N3O2S/c1-15(13,14)5-2-4(10-3-11-5)12-6(7,8)9/h2-3H,1H3,(H,10,11,12). The molecule has 15 heavy (non-hydrogen) atoms. The highest BCUT2D eigenvalue weighted by molar-refractivity contribution is 7.90. The molecule has 0 saturated carbocycles. The molecule has 0 bridgehead atoms. The lowest BCUT2D eigenvalue weighted by molar-refractivity contribution is -0.100. The van der Waals surface area contributed by atoms with Crippen molar-refractivity contribution in [2.24, 2.45) is 0 Å². The van der Waals surface area contributed by atoms with Crippen LogP contribution in [-0.2, 0) is 9.84 Å². The van der Waals surface area contributed by atoms with Gasteiger partial charge in [0.25, 0.3) is 0 Å². The molecule has 0 aromatic carbocycles. The van der Waals surface area contributed by atoms with Gasteiger partial charge in [0.05, 0.1) is 0 Å². The van der Waals surface area contributed by atoms with Crippen molar-refractivity contribution in [2.45, 2.75) is 11.3 Å². The van der Waals surface area contributed by atoms with Crippen LogP contribution in [0, 0.1) is 0 Å². The van der Waals surface area contributed by atoms with Gasteiger partial charge >= 0.3 is 6.30 Å². The minimum Gasteiger partial charge on any atom is -0.282 e. The van der Waals surface area contributed by atoms with Crippen molar-refractivity contribution in [3.8, 4) is 0 Å². The van der Waals surface area contributed by atoms with E-state index >= 15 is 0 Å². The van der Waals surface area contributed by atoms with Crippen LogP contribution in [0.4, 0.5) is 19.0 Å². The fraction of sp³-hybridized carbons (Fsp3) is 0.333. The van der Waals surface area contributed by atoms with Crippen LogP contribution in [0.2, 0.25) is 0 Å². The van der Waals surface area contributed by atoms with Gasteiger partial charge in [-0.2, -0.15) is 13.2 Å². The average molecular weight is 241 g/mol. The third kappa shape index (κ3) is 3.70. The van der Waals surface area contributed by atoms with E-state index in [9.17, 15) is 21.6 Å². The zero-order valence-corrected chi connectivity index (χ0v) is 8.22. The molecular formula is C6H6F3N3O2S. The number of nitrogens with one attached hydrogen (secondary N) is 1. The first kappa shape index (κ1) is 11.7. The largest absolute Gasteiger partial charge is 0.483 e. The zero-order valence-electron chi connectivity index (χ0n) is 7.41. The van der Waals surface area contributed by atoms with Gasteiger partial charge in [-0.25, -0.2) is 18.4 Å². The molecule has 0 fully saturated rings. The van der Waals surface area contributed by atoms with Crippen molar-refractivity contribution in [2.75, 3.05) is 11.6 Å². The van der Waals surface area contributed by atoms with Crippen LogP contribution < -0.4 is 5.32 Å². The molecule has 1 heterocycles. The van der Waals surface area contributed by atoms with Crippen molar-refractivity contribution in [3.05, 3.63) is 12.4 Å². The number of halogens is 3. The Balaban J connectivity index is 3.04. The molecule has 1 N–H and O–H groups in total. The van der Waals surface area contributed by atoms with Gasteiger partial charge in [0.15, 0.2) is 14.9 Å². The maximum Gasteiger partial charge on any atom is 0.483 e. The first-order valence-electron chi connectivity index (χ1n) is 3.55. The van der Waals surface area contributed by atoms with Crippen LogP contribution in [0.1, 0.15) is 0 Å². The molecule has 0 aliphatic carbocycles. The molecular weight excluding hydrogens is 235 g/mol. The van der Waals surface area contributed by atoms with Gasteiger partial charge in [0, 0.05) is 12.3 Å². The van der Waals surface area contributed by atoms with E-state index in [-0.39, 0.29) is 0 Å². The Kier molecular flexibility index (Phi) is 2.84. The summed E-state index contributed by atoms with van der Waals surface area (Å²) in [7, 11) is -3.64. The fourth-order valence-electron chi connectivity index (χ4n) is 0.756. The molecule has 0 unspecified atom stereocenters. The lowest BCUT2D eigenvalue weighted by atomic mass is 10.6. The zero-order chi connectivity index (χ0) is 11.7. The number of sulfone groups is 1. The van der Waals surface area contributed by atoms with Gasteiger partial charge in [-0.1, -0.05) is 0 Å². The minimum atomic E-state index is -4.66. The molecule has 0 radical (unpaired) electrons. The molecule has 5 nitrogen and oxygen atoms in total. The van der Waals surface area contributed by atoms with Gasteiger partial charge in [0.2, 0.25) is 0 Å². The molecule has 0 aliphatic rings.